The summed E-state index contributed by atoms with van der Waals surface area (Å²) in [7, 11) is 0. The van der Waals surface area contributed by atoms with Gasteiger partial charge in [-0.05, 0) is 88.2 Å². The molecule has 3 aromatic rings. The molecule has 3 amide bonds. The number of nitrogens with one attached hydrogen (secondary N) is 1. The number of ether oxygens (including phenoxy) is 2. The van der Waals surface area contributed by atoms with Crippen molar-refractivity contribution in [3.8, 4) is 11.5 Å². The van der Waals surface area contributed by atoms with Gasteiger partial charge in [-0.1, -0.05) is 41.4 Å². The summed E-state index contributed by atoms with van der Waals surface area (Å²) in [5.41, 5.74) is 1.32. The number of nitrogens with zero attached hydrogens (tertiary/aromatic N) is 1. The number of carbonyl (C=O) groups is 3. The Morgan fingerprint density at radius 1 is 1.10 bits per heavy atom. The van der Waals surface area contributed by atoms with Gasteiger partial charge in [0, 0.05) is 0 Å². The molecule has 1 saturated heterocycles. The number of para-hydroxylation sites is 1. The third kappa shape index (κ3) is 7.13. The largest absolute Gasteiger partial charge is 0.490 e. The lowest BCUT2D eigenvalue weighted by Crippen LogP contribution is -2.36. The molecule has 0 radical (unpaired) electrons. The SMILES string of the molecule is CCOc1cc(/C=C2\SC(=O)N(CC(=O)Nc3ccccc3F)C2=O)cc(Br)c1OCc1ccc(Cl)c(Cl)c1. The second-order valence-corrected chi connectivity index (χ2v) is 10.8. The quantitative estimate of drug-likeness (QED) is 0.240. The van der Waals surface area contributed by atoms with Gasteiger partial charge in [-0.2, -0.15) is 0 Å². The minimum Gasteiger partial charge on any atom is -0.490 e. The van der Waals surface area contributed by atoms with Crippen molar-refractivity contribution >= 4 is 79.7 Å². The molecule has 0 unspecified atom stereocenters. The summed E-state index contributed by atoms with van der Waals surface area (Å²) in [4.78, 5) is 38.7. The number of hydrogen-bond acceptors (Lipinski definition) is 6. The fourth-order valence-corrected chi connectivity index (χ4v) is 5.28. The third-order valence-corrected chi connectivity index (χ3v) is 7.56. The van der Waals surface area contributed by atoms with Crippen LogP contribution in [-0.2, 0) is 16.2 Å². The van der Waals surface area contributed by atoms with Crippen molar-refractivity contribution in [1.29, 1.82) is 0 Å². The van der Waals surface area contributed by atoms with E-state index in [1.165, 1.54) is 24.3 Å². The molecule has 4 rings (SSSR count). The smallest absolute Gasteiger partial charge is 0.294 e. The number of amides is 3. The van der Waals surface area contributed by atoms with Crippen LogP contribution in [-0.4, -0.2) is 35.1 Å². The fourth-order valence-electron chi connectivity index (χ4n) is 3.54. The molecule has 39 heavy (non-hydrogen) atoms. The first kappa shape index (κ1) is 28.9. The highest BCUT2D eigenvalue weighted by Crippen LogP contribution is 2.40. The topological polar surface area (TPSA) is 84.9 Å². The van der Waals surface area contributed by atoms with Gasteiger partial charge in [0.05, 0.1) is 31.7 Å². The molecule has 0 saturated carbocycles. The maximum absolute atomic E-state index is 13.8. The van der Waals surface area contributed by atoms with Crippen LogP contribution in [0.5, 0.6) is 11.5 Å². The molecule has 0 atom stereocenters. The predicted molar refractivity (Wildman–Crippen MR) is 154 cm³/mol. The third-order valence-electron chi connectivity index (χ3n) is 5.32. The lowest BCUT2D eigenvalue weighted by Gasteiger charge is -2.15. The Balaban J connectivity index is 1.50. The van der Waals surface area contributed by atoms with E-state index in [-0.39, 0.29) is 17.2 Å². The Morgan fingerprint density at radius 3 is 2.59 bits per heavy atom. The summed E-state index contributed by atoms with van der Waals surface area (Å²) in [6.07, 6.45) is 1.52. The van der Waals surface area contributed by atoms with E-state index >= 15 is 0 Å². The zero-order valence-corrected chi connectivity index (χ0v) is 24.2. The molecule has 1 fully saturated rings. The van der Waals surface area contributed by atoms with Crippen molar-refractivity contribution in [2.75, 3.05) is 18.5 Å². The maximum atomic E-state index is 13.8. The minimum absolute atomic E-state index is 0.0419. The summed E-state index contributed by atoms with van der Waals surface area (Å²) in [5.74, 6) is -1.10. The fraction of sp³-hybridized carbons (Fsp3) is 0.148. The van der Waals surface area contributed by atoms with Gasteiger partial charge in [-0.3, -0.25) is 19.3 Å². The molecule has 202 valence electrons. The van der Waals surface area contributed by atoms with Crippen LogP contribution in [0.15, 0.2) is 64.0 Å². The normalized spacial score (nSPS) is 14.2. The van der Waals surface area contributed by atoms with E-state index < -0.39 is 29.4 Å². The molecule has 1 N–H and O–H groups in total. The molecule has 0 bridgehead atoms. The Hall–Kier alpha value is -3.05. The summed E-state index contributed by atoms with van der Waals surface area (Å²) < 4.78 is 26.1. The predicted octanol–water partition coefficient (Wildman–Crippen LogP) is 7.55. The zero-order valence-electron chi connectivity index (χ0n) is 20.3. The number of rotatable bonds is 9. The van der Waals surface area contributed by atoms with Crippen LogP contribution in [0, 0.1) is 5.82 Å². The van der Waals surface area contributed by atoms with Crippen LogP contribution in [0.1, 0.15) is 18.1 Å². The zero-order chi connectivity index (χ0) is 28.1. The Kier molecular flexibility index (Phi) is 9.55. The van der Waals surface area contributed by atoms with E-state index in [1.54, 1.807) is 36.4 Å². The number of imide groups is 1. The number of hydrogen-bond donors (Lipinski definition) is 1. The Labute approximate surface area is 246 Å². The lowest BCUT2D eigenvalue weighted by atomic mass is 10.1. The molecule has 3 aromatic carbocycles. The highest BCUT2D eigenvalue weighted by Gasteiger charge is 2.36. The molecule has 1 aliphatic heterocycles. The molecule has 7 nitrogen and oxygen atoms in total. The van der Waals surface area contributed by atoms with Crippen LogP contribution in [0.3, 0.4) is 0 Å². The highest BCUT2D eigenvalue weighted by atomic mass is 79.9. The first-order chi connectivity index (χ1) is 18.7. The Bertz CT molecular complexity index is 1490. The minimum atomic E-state index is -0.700. The molecule has 1 heterocycles. The number of halogens is 4. The van der Waals surface area contributed by atoms with Crippen molar-refractivity contribution < 1.29 is 28.2 Å². The summed E-state index contributed by atoms with van der Waals surface area (Å²) in [6, 6.07) is 14.2. The van der Waals surface area contributed by atoms with Crippen molar-refractivity contribution in [2.24, 2.45) is 0 Å². The van der Waals surface area contributed by atoms with E-state index in [4.69, 9.17) is 32.7 Å². The van der Waals surface area contributed by atoms with Gasteiger partial charge in [-0.25, -0.2) is 4.39 Å². The number of anilines is 1. The van der Waals surface area contributed by atoms with Crippen molar-refractivity contribution in [2.45, 2.75) is 13.5 Å². The van der Waals surface area contributed by atoms with Gasteiger partial charge < -0.3 is 14.8 Å². The van der Waals surface area contributed by atoms with Crippen molar-refractivity contribution in [3.05, 3.63) is 91.0 Å². The molecular weight excluding hydrogens is 634 g/mol. The summed E-state index contributed by atoms with van der Waals surface area (Å²) in [6.45, 7) is 1.82. The van der Waals surface area contributed by atoms with Crippen LogP contribution < -0.4 is 14.8 Å². The van der Waals surface area contributed by atoms with E-state index in [1.807, 2.05) is 6.92 Å². The van der Waals surface area contributed by atoms with Crippen LogP contribution >= 0.6 is 50.9 Å². The average Bonchev–Trinajstić information content (AvgIpc) is 3.14. The second-order valence-electron chi connectivity index (χ2n) is 8.10. The molecule has 0 spiro atoms. The molecular formula is C27H20BrCl2FN2O5S. The van der Waals surface area contributed by atoms with E-state index in [0.717, 1.165) is 10.5 Å². The molecule has 0 aliphatic carbocycles. The van der Waals surface area contributed by atoms with E-state index in [9.17, 15) is 18.8 Å². The number of benzene rings is 3. The maximum Gasteiger partial charge on any atom is 0.294 e. The van der Waals surface area contributed by atoms with Crippen molar-refractivity contribution in [1.82, 2.24) is 4.90 Å². The summed E-state index contributed by atoms with van der Waals surface area (Å²) in [5, 5.41) is 2.61. The molecule has 12 heteroatoms. The highest BCUT2D eigenvalue weighted by molar-refractivity contribution is 9.10. The lowest BCUT2D eigenvalue weighted by molar-refractivity contribution is -0.127. The van der Waals surface area contributed by atoms with Gasteiger partial charge in [0.25, 0.3) is 11.1 Å². The summed E-state index contributed by atoms with van der Waals surface area (Å²) >= 11 is 16.3. The Morgan fingerprint density at radius 2 is 1.87 bits per heavy atom. The monoisotopic (exact) mass is 652 g/mol. The van der Waals surface area contributed by atoms with E-state index in [2.05, 4.69) is 21.2 Å². The molecule has 0 aromatic heterocycles. The average molecular weight is 654 g/mol. The standard InChI is InChI=1S/C27H20BrCl2FN2O5S/c1-2-37-22-11-16(9-17(28)25(22)38-14-15-7-8-18(29)19(30)10-15)12-23-26(35)33(27(36)39-23)13-24(34)32-21-6-4-3-5-20(21)31/h3-12H,2,13-14H2,1H3,(H,32,34)/b23-12-. The van der Waals surface area contributed by atoms with Crippen LogP contribution in [0.2, 0.25) is 10.0 Å². The van der Waals surface area contributed by atoms with Gasteiger partial charge in [0.1, 0.15) is 19.0 Å². The van der Waals surface area contributed by atoms with Crippen molar-refractivity contribution in [3.63, 3.8) is 0 Å². The van der Waals surface area contributed by atoms with Gasteiger partial charge >= 0.3 is 0 Å². The van der Waals surface area contributed by atoms with Crippen LogP contribution in [0.25, 0.3) is 6.08 Å². The van der Waals surface area contributed by atoms with Gasteiger partial charge in [0.2, 0.25) is 5.91 Å². The van der Waals surface area contributed by atoms with E-state index in [0.29, 0.717) is 49.9 Å². The first-order valence-electron chi connectivity index (χ1n) is 11.5. The number of carbonyl (C=O) groups excluding carboxylic acids is 3. The number of thioether (sulfide) groups is 1. The first-order valence-corrected chi connectivity index (χ1v) is 13.9. The van der Waals surface area contributed by atoms with Gasteiger partial charge in [0.15, 0.2) is 11.5 Å². The molecule has 1 aliphatic rings. The van der Waals surface area contributed by atoms with Gasteiger partial charge in [-0.15, -0.1) is 0 Å². The van der Waals surface area contributed by atoms with Crippen LogP contribution in [0.4, 0.5) is 14.9 Å². The second kappa shape index (κ2) is 12.9.